The van der Waals surface area contributed by atoms with Crippen molar-refractivity contribution in [3.05, 3.63) is 41.7 Å². The zero-order valence-corrected chi connectivity index (χ0v) is 11.7. The Labute approximate surface area is 118 Å². The predicted octanol–water partition coefficient (Wildman–Crippen LogP) is 3.56. The summed E-state index contributed by atoms with van der Waals surface area (Å²) in [7, 11) is 0. The average molecular weight is 269 g/mol. The number of benzene rings is 1. The zero-order chi connectivity index (χ0) is 13.9. The van der Waals surface area contributed by atoms with Crippen LogP contribution in [0, 0.1) is 0 Å². The van der Waals surface area contributed by atoms with E-state index in [-0.39, 0.29) is 5.91 Å². The number of anilines is 2. The van der Waals surface area contributed by atoms with Crippen molar-refractivity contribution in [3.8, 4) is 0 Å². The highest BCUT2D eigenvalue weighted by Crippen LogP contribution is 2.30. The molecule has 0 radical (unpaired) electrons. The second kappa shape index (κ2) is 5.49. The molecule has 0 fully saturated rings. The largest absolute Gasteiger partial charge is 0.325 e. The predicted molar refractivity (Wildman–Crippen MR) is 79.5 cm³/mol. The Morgan fingerprint density at radius 2 is 2.30 bits per heavy atom. The summed E-state index contributed by atoms with van der Waals surface area (Å²) in [5.41, 5.74) is 3.86. The monoisotopic (exact) mass is 269 g/mol. The van der Waals surface area contributed by atoms with E-state index >= 15 is 0 Å². The first kappa shape index (κ1) is 12.9. The van der Waals surface area contributed by atoms with Crippen molar-refractivity contribution < 1.29 is 4.79 Å². The Kier molecular flexibility index (Phi) is 3.54. The van der Waals surface area contributed by atoms with Gasteiger partial charge in [0.2, 0.25) is 11.9 Å². The molecule has 2 aromatic rings. The van der Waals surface area contributed by atoms with E-state index < -0.39 is 0 Å². The van der Waals surface area contributed by atoms with Gasteiger partial charge < -0.3 is 5.32 Å². The number of rotatable bonds is 4. The van der Waals surface area contributed by atoms with E-state index in [1.165, 1.54) is 17.5 Å². The molecular formula is C16H19N3O. The van der Waals surface area contributed by atoms with Gasteiger partial charge in [-0.25, -0.2) is 4.98 Å². The molecule has 0 aliphatic heterocycles. The Balaban J connectivity index is 1.88. The second-order valence-electron chi connectivity index (χ2n) is 5.19. The first-order valence-corrected chi connectivity index (χ1v) is 7.24. The first-order chi connectivity index (χ1) is 9.79. The third-order valence-electron chi connectivity index (χ3n) is 3.77. The fourth-order valence-corrected chi connectivity index (χ4v) is 2.79. The SMILES string of the molecule is CCCC(=O)n1ccnc1Nc1cccc2c1CCC2. The van der Waals surface area contributed by atoms with Crippen molar-refractivity contribution in [1.82, 2.24) is 9.55 Å². The minimum absolute atomic E-state index is 0.0834. The summed E-state index contributed by atoms with van der Waals surface area (Å²) in [6, 6.07) is 6.31. The maximum absolute atomic E-state index is 12.0. The summed E-state index contributed by atoms with van der Waals surface area (Å²) >= 11 is 0. The maximum atomic E-state index is 12.0. The molecule has 0 saturated carbocycles. The molecule has 0 atom stereocenters. The number of carbonyl (C=O) groups excluding carboxylic acids is 1. The van der Waals surface area contributed by atoms with Gasteiger partial charge in [-0.1, -0.05) is 19.1 Å². The van der Waals surface area contributed by atoms with Crippen LogP contribution in [0.1, 0.15) is 42.1 Å². The van der Waals surface area contributed by atoms with Gasteiger partial charge in [-0.2, -0.15) is 0 Å². The standard InChI is InChI=1S/C16H19N3O/c1-2-5-15(20)19-11-10-17-16(19)18-14-9-4-7-12-6-3-8-13(12)14/h4,7,9-11H,2-3,5-6,8H2,1H3,(H,17,18). The quantitative estimate of drug-likeness (QED) is 0.923. The van der Waals surface area contributed by atoms with E-state index in [0.717, 1.165) is 24.9 Å². The Morgan fingerprint density at radius 1 is 1.40 bits per heavy atom. The molecule has 1 N–H and O–H groups in total. The second-order valence-corrected chi connectivity index (χ2v) is 5.19. The number of aromatic nitrogens is 2. The lowest BCUT2D eigenvalue weighted by molar-refractivity contribution is 0.0904. The summed E-state index contributed by atoms with van der Waals surface area (Å²) in [4.78, 5) is 16.3. The fourth-order valence-electron chi connectivity index (χ4n) is 2.79. The summed E-state index contributed by atoms with van der Waals surface area (Å²) in [6.07, 6.45) is 8.23. The smallest absolute Gasteiger partial charge is 0.233 e. The van der Waals surface area contributed by atoms with Crippen LogP contribution in [0.5, 0.6) is 0 Å². The van der Waals surface area contributed by atoms with Gasteiger partial charge in [0, 0.05) is 24.5 Å². The molecule has 4 nitrogen and oxygen atoms in total. The van der Waals surface area contributed by atoms with Crippen molar-refractivity contribution in [2.75, 3.05) is 5.32 Å². The van der Waals surface area contributed by atoms with Gasteiger partial charge in [-0.05, 0) is 42.9 Å². The van der Waals surface area contributed by atoms with Gasteiger partial charge in [0.1, 0.15) is 0 Å². The van der Waals surface area contributed by atoms with Gasteiger partial charge >= 0.3 is 0 Å². The number of imidazole rings is 1. The molecule has 1 aliphatic rings. The molecule has 3 rings (SSSR count). The fraction of sp³-hybridized carbons (Fsp3) is 0.375. The Hall–Kier alpha value is -2.10. The van der Waals surface area contributed by atoms with Crippen molar-refractivity contribution in [2.45, 2.75) is 39.0 Å². The first-order valence-electron chi connectivity index (χ1n) is 7.24. The molecule has 0 spiro atoms. The Bertz CT molecular complexity index is 630. The number of nitrogens with zero attached hydrogens (tertiary/aromatic N) is 2. The number of fused-ring (bicyclic) bond motifs is 1. The zero-order valence-electron chi connectivity index (χ0n) is 11.7. The lowest BCUT2D eigenvalue weighted by atomic mass is 10.1. The number of hydrogen-bond acceptors (Lipinski definition) is 3. The van der Waals surface area contributed by atoms with Crippen LogP contribution < -0.4 is 5.32 Å². The molecule has 0 bridgehead atoms. The maximum Gasteiger partial charge on any atom is 0.233 e. The molecule has 104 valence electrons. The molecular weight excluding hydrogens is 250 g/mol. The third kappa shape index (κ3) is 2.33. The van der Waals surface area contributed by atoms with Crippen molar-refractivity contribution in [2.24, 2.45) is 0 Å². The normalized spacial score (nSPS) is 13.2. The number of aryl methyl sites for hydroxylation is 1. The highest BCUT2D eigenvalue weighted by Gasteiger charge is 2.16. The van der Waals surface area contributed by atoms with Gasteiger partial charge in [-0.15, -0.1) is 0 Å². The minimum Gasteiger partial charge on any atom is -0.325 e. The molecule has 0 unspecified atom stereocenters. The molecule has 1 aromatic heterocycles. The molecule has 1 aromatic carbocycles. The highest BCUT2D eigenvalue weighted by molar-refractivity contribution is 5.82. The summed E-state index contributed by atoms with van der Waals surface area (Å²) < 4.78 is 1.61. The highest BCUT2D eigenvalue weighted by atomic mass is 16.2. The topological polar surface area (TPSA) is 46.9 Å². The minimum atomic E-state index is 0.0834. The van der Waals surface area contributed by atoms with E-state index in [1.54, 1.807) is 17.0 Å². The molecule has 1 heterocycles. The molecule has 20 heavy (non-hydrogen) atoms. The van der Waals surface area contributed by atoms with Crippen molar-refractivity contribution in [1.29, 1.82) is 0 Å². The van der Waals surface area contributed by atoms with Crippen LogP contribution in [0.15, 0.2) is 30.6 Å². The summed E-state index contributed by atoms with van der Waals surface area (Å²) in [5.74, 6) is 0.698. The van der Waals surface area contributed by atoms with Gasteiger partial charge in [-0.3, -0.25) is 9.36 Å². The van der Waals surface area contributed by atoms with Crippen LogP contribution in [0.4, 0.5) is 11.6 Å². The lowest BCUT2D eigenvalue weighted by Gasteiger charge is -2.12. The van der Waals surface area contributed by atoms with Gasteiger partial charge in [0.25, 0.3) is 0 Å². The van der Waals surface area contributed by atoms with Crippen LogP contribution in [0.25, 0.3) is 0 Å². The van der Waals surface area contributed by atoms with Crippen LogP contribution in [0.3, 0.4) is 0 Å². The van der Waals surface area contributed by atoms with Crippen molar-refractivity contribution in [3.63, 3.8) is 0 Å². The van der Waals surface area contributed by atoms with E-state index in [2.05, 4.69) is 28.5 Å². The van der Waals surface area contributed by atoms with E-state index in [1.807, 2.05) is 6.92 Å². The summed E-state index contributed by atoms with van der Waals surface area (Å²) in [6.45, 7) is 2.01. The lowest BCUT2D eigenvalue weighted by Crippen LogP contribution is -2.12. The van der Waals surface area contributed by atoms with E-state index in [4.69, 9.17) is 0 Å². The number of nitrogens with one attached hydrogen (secondary N) is 1. The van der Waals surface area contributed by atoms with Crippen LogP contribution >= 0.6 is 0 Å². The summed E-state index contributed by atoms with van der Waals surface area (Å²) in [5, 5.41) is 3.32. The molecule has 1 aliphatic carbocycles. The van der Waals surface area contributed by atoms with Gasteiger partial charge in [0.15, 0.2) is 0 Å². The number of hydrogen-bond donors (Lipinski definition) is 1. The van der Waals surface area contributed by atoms with Crippen LogP contribution in [-0.4, -0.2) is 15.5 Å². The third-order valence-corrected chi connectivity index (χ3v) is 3.77. The Morgan fingerprint density at radius 3 is 3.15 bits per heavy atom. The van der Waals surface area contributed by atoms with E-state index in [0.29, 0.717) is 12.4 Å². The number of carbonyl (C=O) groups is 1. The van der Waals surface area contributed by atoms with Crippen LogP contribution in [-0.2, 0) is 12.8 Å². The average Bonchev–Trinajstić information content (AvgIpc) is 3.07. The van der Waals surface area contributed by atoms with Gasteiger partial charge in [0.05, 0.1) is 0 Å². The van der Waals surface area contributed by atoms with Crippen LogP contribution in [0.2, 0.25) is 0 Å². The molecule has 0 saturated heterocycles. The molecule has 4 heteroatoms. The molecule has 0 amide bonds. The van der Waals surface area contributed by atoms with Crippen molar-refractivity contribution >= 4 is 17.5 Å². The van der Waals surface area contributed by atoms with E-state index in [9.17, 15) is 4.79 Å².